The predicted octanol–water partition coefficient (Wildman–Crippen LogP) is 2.25. The van der Waals surface area contributed by atoms with E-state index in [2.05, 4.69) is 15.2 Å². The Kier molecular flexibility index (Phi) is 2.25. The van der Waals surface area contributed by atoms with Crippen LogP contribution in [0.2, 0.25) is 0 Å². The van der Waals surface area contributed by atoms with Crippen LogP contribution in [0.15, 0.2) is 37.5 Å². The molecule has 7 heteroatoms. The molecule has 0 fully saturated rings. The summed E-state index contributed by atoms with van der Waals surface area (Å²) in [6.45, 7) is 1.73. The molecule has 17 heavy (non-hydrogen) atoms. The van der Waals surface area contributed by atoms with E-state index >= 15 is 0 Å². The predicted molar refractivity (Wildman–Crippen MR) is 61.6 cm³/mol. The van der Waals surface area contributed by atoms with Gasteiger partial charge in [-0.2, -0.15) is 0 Å². The van der Waals surface area contributed by atoms with Crippen LogP contribution in [-0.2, 0) is 0 Å². The van der Waals surface area contributed by atoms with E-state index in [9.17, 15) is 0 Å². The van der Waals surface area contributed by atoms with E-state index < -0.39 is 0 Å². The second-order valence-corrected chi connectivity index (χ2v) is 4.30. The minimum absolute atomic E-state index is 0.405. The number of nitrogens with two attached hydrogens (primary N) is 1. The monoisotopic (exact) mass is 248 g/mol. The summed E-state index contributed by atoms with van der Waals surface area (Å²) in [7, 11) is 0. The molecule has 0 saturated carbocycles. The van der Waals surface area contributed by atoms with Crippen LogP contribution in [-0.4, -0.2) is 15.2 Å². The number of nitrogen functional groups attached to an aromatic ring is 1. The normalized spacial score (nSPS) is 11.1. The molecular formula is C10H8N4O2S. The number of rotatable bonds is 2. The van der Waals surface area contributed by atoms with Gasteiger partial charge in [-0.1, -0.05) is 0 Å². The minimum Gasteiger partial charge on any atom is -0.431 e. The molecule has 0 bridgehead atoms. The van der Waals surface area contributed by atoms with E-state index in [0.29, 0.717) is 33.1 Å². The van der Waals surface area contributed by atoms with E-state index in [1.54, 1.807) is 25.1 Å². The average Bonchev–Trinajstić information content (AvgIpc) is 2.84. The lowest BCUT2D eigenvalue weighted by Gasteiger charge is -1.88. The molecule has 0 amide bonds. The SMILES string of the molecule is Cc1nnc(Sc2nc3cc(N)ccc3o2)o1. The summed E-state index contributed by atoms with van der Waals surface area (Å²) in [5.74, 6) is 0.507. The summed E-state index contributed by atoms with van der Waals surface area (Å²) < 4.78 is 10.7. The first kappa shape index (κ1) is 10.2. The van der Waals surface area contributed by atoms with E-state index in [1.807, 2.05) is 0 Å². The van der Waals surface area contributed by atoms with Crippen molar-refractivity contribution in [2.24, 2.45) is 0 Å². The number of hydrogen-bond acceptors (Lipinski definition) is 7. The van der Waals surface area contributed by atoms with Crippen LogP contribution in [0.5, 0.6) is 0 Å². The van der Waals surface area contributed by atoms with Crippen molar-refractivity contribution in [2.45, 2.75) is 17.4 Å². The third-order valence-electron chi connectivity index (χ3n) is 2.07. The summed E-state index contributed by atoms with van der Waals surface area (Å²) in [5.41, 5.74) is 7.70. The second-order valence-electron chi connectivity index (χ2n) is 3.40. The van der Waals surface area contributed by atoms with Crippen LogP contribution in [0.4, 0.5) is 5.69 Å². The molecule has 0 aliphatic rings. The van der Waals surface area contributed by atoms with Crippen molar-refractivity contribution in [1.82, 2.24) is 15.2 Å². The first-order valence-electron chi connectivity index (χ1n) is 4.85. The fourth-order valence-electron chi connectivity index (χ4n) is 1.36. The molecule has 3 rings (SSSR count). The number of aryl methyl sites for hydroxylation is 1. The van der Waals surface area contributed by atoms with Gasteiger partial charge in [-0.25, -0.2) is 4.98 Å². The second kappa shape index (κ2) is 3.77. The molecule has 6 nitrogen and oxygen atoms in total. The molecule has 3 aromatic rings. The highest BCUT2D eigenvalue weighted by atomic mass is 32.2. The maximum Gasteiger partial charge on any atom is 0.285 e. The van der Waals surface area contributed by atoms with Crippen LogP contribution in [0.1, 0.15) is 5.89 Å². The van der Waals surface area contributed by atoms with E-state index in [1.165, 1.54) is 11.8 Å². The Balaban J connectivity index is 1.95. The van der Waals surface area contributed by atoms with Crippen molar-refractivity contribution in [3.63, 3.8) is 0 Å². The van der Waals surface area contributed by atoms with Gasteiger partial charge >= 0.3 is 0 Å². The molecule has 0 aliphatic carbocycles. The van der Waals surface area contributed by atoms with Gasteiger partial charge in [0.2, 0.25) is 5.89 Å². The molecule has 0 spiro atoms. The summed E-state index contributed by atoms with van der Waals surface area (Å²) in [6.07, 6.45) is 0. The van der Waals surface area contributed by atoms with E-state index in [-0.39, 0.29) is 0 Å². The first-order chi connectivity index (χ1) is 8.20. The molecule has 0 aliphatic heterocycles. The van der Waals surface area contributed by atoms with Gasteiger partial charge in [0.15, 0.2) is 5.58 Å². The molecule has 2 N–H and O–H groups in total. The topological polar surface area (TPSA) is 91.0 Å². The summed E-state index contributed by atoms with van der Waals surface area (Å²) in [6, 6.07) is 5.29. The number of anilines is 1. The van der Waals surface area contributed by atoms with E-state index in [4.69, 9.17) is 14.6 Å². The highest BCUT2D eigenvalue weighted by molar-refractivity contribution is 7.98. The lowest BCUT2D eigenvalue weighted by Crippen LogP contribution is -1.82. The van der Waals surface area contributed by atoms with E-state index in [0.717, 1.165) is 0 Å². The Morgan fingerprint density at radius 3 is 2.82 bits per heavy atom. The van der Waals surface area contributed by atoms with Gasteiger partial charge in [-0.05, 0) is 18.2 Å². The zero-order chi connectivity index (χ0) is 11.8. The maximum atomic E-state index is 5.66. The number of benzene rings is 1. The molecule has 1 aromatic carbocycles. The quantitative estimate of drug-likeness (QED) is 0.695. The number of aromatic nitrogens is 3. The summed E-state index contributed by atoms with van der Waals surface area (Å²) >= 11 is 1.18. The number of fused-ring (bicyclic) bond motifs is 1. The van der Waals surface area contributed by atoms with Gasteiger partial charge in [0.1, 0.15) is 5.52 Å². The van der Waals surface area contributed by atoms with Crippen LogP contribution in [0, 0.1) is 6.92 Å². The lowest BCUT2D eigenvalue weighted by molar-refractivity contribution is 0.422. The highest BCUT2D eigenvalue weighted by Gasteiger charge is 2.11. The Labute approximate surface area is 100 Å². The molecule has 2 aromatic heterocycles. The number of hydrogen-bond donors (Lipinski definition) is 1. The van der Waals surface area contributed by atoms with Crippen molar-refractivity contribution in [3.05, 3.63) is 24.1 Å². The molecule has 0 unspecified atom stereocenters. The van der Waals surface area contributed by atoms with Crippen LogP contribution in [0.25, 0.3) is 11.1 Å². The van der Waals surface area contributed by atoms with Gasteiger partial charge in [-0.15, -0.1) is 10.2 Å². The molecule has 0 saturated heterocycles. The standard InChI is InChI=1S/C10H8N4O2S/c1-5-13-14-10(15-5)17-9-12-7-4-6(11)2-3-8(7)16-9/h2-4H,11H2,1H3. The largest absolute Gasteiger partial charge is 0.431 e. The molecule has 0 atom stereocenters. The van der Waals surface area contributed by atoms with Gasteiger partial charge in [0.25, 0.3) is 10.4 Å². The number of nitrogens with zero attached hydrogens (tertiary/aromatic N) is 3. The van der Waals surface area contributed by atoms with Crippen molar-refractivity contribution < 1.29 is 8.83 Å². The smallest absolute Gasteiger partial charge is 0.285 e. The Hall–Kier alpha value is -2.02. The van der Waals surface area contributed by atoms with Crippen molar-refractivity contribution in [3.8, 4) is 0 Å². The molecule has 0 radical (unpaired) electrons. The van der Waals surface area contributed by atoms with Crippen molar-refractivity contribution in [2.75, 3.05) is 5.73 Å². The van der Waals surface area contributed by atoms with Gasteiger partial charge < -0.3 is 14.6 Å². The molecule has 86 valence electrons. The molecule has 2 heterocycles. The zero-order valence-corrected chi connectivity index (χ0v) is 9.69. The third kappa shape index (κ3) is 1.96. The maximum absolute atomic E-state index is 5.66. The first-order valence-corrected chi connectivity index (χ1v) is 5.66. The summed E-state index contributed by atoms with van der Waals surface area (Å²) in [5, 5.41) is 8.43. The van der Waals surface area contributed by atoms with Crippen molar-refractivity contribution >= 4 is 28.5 Å². The van der Waals surface area contributed by atoms with Crippen LogP contribution < -0.4 is 5.73 Å². The van der Waals surface area contributed by atoms with Crippen molar-refractivity contribution in [1.29, 1.82) is 0 Å². The Morgan fingerprint density at radius 1 is 1.18 bits per heavy atom. The highest BCUT2D eigenvalue weighted by Crippen LogP contribution is 2.29. The fraction of sp³-hybridized carbons (Fsp3) is 0.100. The fourth-order valence-corrected chi connectivity index (χ4v) is 2.03. The van der Waals surface area contributed by atoms with Gasteiger partial charge in [-0.3, -0.25) is 0 Å². The third-order valence-corrected chi connectivity index (χ3v) is 2.76. The lowest BCUT2D eigenvalue weighted by atomic mass is 10.3. The number of oxazole rings is 1. The Morgan fingerprint density at radius 2 is 2.06 bits per heavy atom. The Bertz CT molecular complexity index is 676. The minimum atomic E-state index is 0.405. The average molecular weight is 248 g/mol. The van der Waals surface area contributed by atoms with Crippen LogP contribution in [0.3, 0.4) is 0 Å². The summed E-state index contributed by atoms with van der Waals surface area (Å²) in [4.78, 5) is 4.27. The molecular weight excluding hydrogens is 240 g/mol. The van der Waals surface area contributed by atoms with Gasteiger partial charge in [0, 0.05) is 24.4 Å². The zero-order valence-electron chi connectivity index (χ0n) is 8.88. The van der Waals surface area contributed by atoms with Crippen LogP contribution >= 0.6 is 11.8 Å². The van der Waals surface area contributed by atoms with Gasteiger partial charge in [0.05, 0.1) is 0 Å².